The number of benzene rings is 1. The van der Waals surface area contributed by atoms with Gasteiger partial charge in [0.05, 0.1) is 11.9 Å². The van der Waals surface area contributed by atoms with Crippen LogP contribution >= 0.6 is 0 Å². The Labute approximate surface area is 123 Å². The smallest absolute Gasteiger partial charge is 0.231 e. The Kier molecular flexibility index (Phi) is 3.38. The molecule has 0 spiro atoms. The van der Waals surface area contributed by atoms with Gasteiger partial charge in [-0.15, -0.1) is 0 Å². The zero-order valence-corrected chi connectivity index (χ0v) is 12.6. The molecule has 0 amide bonds. The molecule has 116 valence electrons. The topological polar surface area (TPSA) is 98.9 Å². The zero-order valence-electron chi connectivity index (χ0n) is 11.8. The van der Waals surface area contributed by atoms with Crippen LogP contribution in [0.25, 0.3) is 0 Å². The van der Waals surface area contributed by atoms with Crippen LogP contribution in [0.4, 0.5) is 0 Å². The minimum Gasteiger partial charge on any atom is -0.454 e. The minimum absolute atomic E-state index is 0.0421. The average Bonchev–Trinajstić information content (AvgIpc) is 2.98. The molecule has 3 N–H and O–H groups in total. The van der Waals surface area contributed by atoms with Crippen molar-refractivity contribution in [2.75, 3.05) is 25.7 Å². The van der Waals surface area contributed by atoms with Crippen LogP contribution in [0.2, 0.25) is 0 Å². The Hall–Kier alpha value is -1.31. The van der Waals surface area contributed by atoms with Crippen LogP contribution in [0.3, 0.4) is 0 Å². The van der Waals surface area contributed by atoms with Crippen LogP contribution < -0.4 is 15.2 Å². The summed E-state index contributed by atoms with van der Waals surface area (Å²) in [6.07, 6.45) is 0. The first kappa shape index (κ1) is 14.6. The SMILES string of the molecule is CCS(=O)(=O)C1C(c2ccc3c(c2)OCO3)C1(CN)CO. The van der Waals surface area contributed by atoms with Gasteiger partial charge in [-0.25, -0.2) is 8.42 Å². The third kappa shape index (κ3) is 2.03. The molecular weight excluding hydrogens is 294 g/mol. The quantitative estimate of drug-likeness (QED) is 0.808. The molecule has 0 aromatic heterocycles. The molecule has 1 aliphatic carbocycles. The Morgan fingerprint density at radius 3 is 2.71 bits per heavy atom. The molecule has 7 heteroatoms. The van der Waals surface area contributed by atoms with Gasteiger partial charge in [0, 0.05) is 23.6 Å². The highest BCUT2D eigenvalue weighted by molar-refractivity contribution is 7.92. The third-order valence-corrected chi connectivity index (χ3v) is 6.92. The lowest BCUT2D eigenvalue weighted by Crippen LogP contribution is -2.28. The van der Waals surface area contributed by atoms with Crippen molar-refractivity contribution in [2.45, 2.75) is 18.1 Å². The van der Waals surface area contributed by atoms with E-state index in [1.165, 1.54) is 0 Å². The lowest BCUT2D eigenvalue weighted by atomic mass is 10.00. The lowest BCUT2D eigenvalue weighted by Gasteiger charge is -2.11. The predicted octanol–water partition coefficient (Wildman–Crippen LogP) is 0.253. The largest absolute Gasteiger partial charge is 0.454 e. The maximum absolute atomic E-state index is 12.3. The second kappa shape index (κ2) is 4.86. The highest BCUT2D eigenvalue weighted by atomic mass is 32.2. The first-order valence-electron chi connectivity index (χ1n) is 6.92. The number of hydrogen-bond donors (Lipinski definition) is 2. The molecule has 1 saturated carbocycles. The van der Waals surface area contributed by atoms with Gasteiger partial charge in [-0.3, -0.25) is 0 Å². The van der Waals surface area contributed by atoms with Crippen molar-refractivity contribution < 1.29 is 23.0 Å². The molecule has 21 heavy (non-hydrogen) atoms. The van der Waals surface area contributed by atoms with Crippen LogP contribution in [0, 0.1) is 5.41 Å². The molecule has 2 aliphatic rings. The van der Waals surface area contributed by atoms with Gasteiger partial charge in [-0.2, -0.15) is 0 Å². The summed E-state index contributed by atoms with van der Waals surface area (Å²) in [5.74, 6) is 1.00. The molecule has 0 saturated heterocycles. The molecule has 1 aliphatic heterocycles. The van der Waals surface area contributed by atoms with Crippen LogP contribution in [0.5, 0.6) is 11.5 Å². The fraction of sp³-hybridized carbons (Fsp3) is 0.571. The second-order valence-electron chi connectivity index (χ2n) is 5.56. The Balaban J connectivity index is 2.01. The Morgan fingerprint density at radius 2 is 2.10 bits per heavy atom. The molecule has 0 bridgehead atoms. The normalized spacial score (nSPS) is 30.4. The van der Waals surface area contributed by atoms with E-state index in [0.29, 0.717) is 11.5 Å². The fourth-order valence-corrected chi connectivity index (χ4v) is 5.46. The van der Waals surface area contributed by atoms with Crippen LogP contribution in [0.15, 0.2) is 18.2 Å². The van der Waals surface area contributed by atoms with Gasteiger partial charge in [0.15, 0.2) is 21.3 Å². The van der Waals surface area contributed by atoms with E-state index in [-0.39, 0.29) is 31.6 Å². The number of fused-ring (bicyclic) bond motifs is 1. The monoisotopic (exact) mass is 313 g/mol. The van der Waals surface area contributed by atoms with E-state index in [4.69, 9.17) is 15.2 Å². The number of nitrogens with two attached hydrogens (primary N) is 1. The molecular formula is C14H19NO5S. The first-order valence-corrected chi connectivity index (χ1v) is 8.63. The molecule has 1 aromatic carbocycles. The van der Waals surface area contributed by atoms with E-state index in [0.717, 1.165) is 5.56 Å². The molecule has 0 radical (unpaired) electrons. The van der Waals surface area contributed by atoms with Gasteiger partial charge in [0.25, 0.3) is 0 Å². The highest BCUT2D eigenvalue weighted by Crippen LogP contribution is 2.62. The number of hydrogen-bond acceptors (Lipinski definition) is 6. The average molecular weight is 313 g/mol. The number of sulfone groups is 1. The van der Waals surface area contributed by atoms with E-state index in [9.17, 15) is 13.5 Å². The summed E-state index contributed by atoms with van der Waals surface area (Å²) in [5.41, 5.74) is 5.81. The maximum atomic E-state index is 12.3. The molecule has 1 aromatic rings. The summed E-state index contributed by atoms with van der Waals surface area (Å²) in [5, 5.41) is 9.08. The van der Waals surface area contributed by atoms with E-state index in [1.807, 2.05) is 6.07 Å². The van der Waals surface area contributed by atoms with Gasteiger partial charge in [-0.1, -0.05) is 13.0 Å². The van der Waals surface area contributed by atoms with E-state index in [2.05, 4.69) is 0 Å². The first-order chi connectivity index (χ1) is 10.00. The third-order valence-electron chi connectivity index (χ3n) is 4.60. The van der Waals surface area contributed by atoms with Crippen molar-refractivity contribution in [3.63, 3.8) is 0 Å². The van der Waals surface area contributed by atoms with Crippen LogP contribution in [0.1, 0.15) is 18.4 Å². The maximum Gasteiger partial charge on any atom is 0.231 e. The van der Waals surface area contributed by atoms with Crippen LogP contribution in [-0.2, 0) is 9.84 Å². The van der Waals surface area contributed by atoms with Crippen molar-refractivity contribution in [2.24, 2.45) is 11.1 Å². The summed E-state index contributed by atoms with van der Waals surface area (Å²) in [6, 6.07) is 5.38. The Morgan fingerprint density at radius 1 is 1.38 bits per heavy atom. The van der Waals surface area contributed by atoms with Crippen LogP contribution in [-0.4, -0.2) is 44.5 Å². The fourth-order valence-electron chi connectivity index (χ4n) is 3.31. The summed E-state index contributed by atoms with van der Waals surface area (Å²) >= 11 is 0. The zero-order chi connectivity index (χ0) is 15.3. The van der Waals surface area contributed by atoms with Gasteiger partial charge in [0.1, 0.15) is 0 Å². The van der Waals surface area contributed by atoms with Gasteiger partial charge in [-0.05, 0) is 17.7 Å². The van der Waals surface area contributed by atoms with Crippen molar-refractivity contribution in [1.82, 2.24) is 0 Å². The molecule has 6 nitrogen and oxygen atoms in total. The Bertz CT molecular complexity index is 653. The molecule has 1 fully saturated rings. The summed E-state index contributed by atoms with van der Waals surface area (Å²) in [4.78, 5) is 0. The van der Waals surface area contributed by atoms with Gasteiger partial charge >= 0.3 is 0 Å². The standard InChI is InChI=1S/C14H19NO5S/c1-2-21(17,18)13-12(14(13,6-15)7-16)9-3-4-10-11(5-9)20-8-19-10/h3-5,12-13,16H,2,6-8,15H2,1H3. The van der Waals surface area contributed by atoms with Crippen molar-refractivity contribution in [1.29, 1.82) is 0 Å². The van der Waals surface area contributed by atoms with Gasteiger partial charge in [0.2, 0.25) is 6.79 Å². The lowest BCUT2D eigenvalue weighted by molar-refractivity contribution is 0.174. The summed E-state index contributed by atoms with van der Waals surface area (Å²) in [7, 11) is -3.28. The molecule has 3 unspecified atom stereocenters. The van der Waals surface area contributed by atoms with Crippen molar-refractivity contribution in [3.8, 4) is 11.5 Å². The predicted molar refractivity (Wildman–Crippen MR) is 77.1 cm³/mol. The number of aliphatic hydroxyl groups excluding tert-OH is 1. The van der Waals surface area contributed by atoms with E-state index < -0.39 is 20.5 Å². The summed E-state index contributed by atoms with van der Waals surface area (Å²) in [6.45, 7) is 1.67. The molecule has 1 heterocycles. The van der Waals surface area contributed by atoms with E-state index in [1.54, 1.807) is 19.1 Å². The van der Waals surface area contributed by atoms with Crippen molar-refractivity contribution in [3.05, 3.63) is 23.8 Å². The molecule has 3 rings (SSSR count). The number of rotatable bonds is 5. The molecule has 3 atom stereocenters. The number of aliphatic hydroxyl groups is 1. The van der Waals surface area contributed by atoms with E-state index >= 15 is 0 Å². The van der Waals surface area contributed by atoms with Gasteiger partial charge < -0.3 is 20.3 Å². The second-order valence-corrected chi connectivity index (χ2v) is 7.97. The van der Waals surface area contributed by atoms with Crippen molar-refractivity contribution >= 4 is 9.84 Å². The number of ether oxygens (including phenoxy) is 2. The minimum atomic E-state index is -3.28. The highest BCUT2D eigenvalue weighted by Gasteiger charge is 2.69. The summed E-state index contributed by atoms with van der Waals surface area (Å²) < 4.78 is 35.2.